The summed E-state index contributed by atoms with van der Waals surface area (Å²) in [5.74, 6) is 0.818. The van der Waals surface area contributed by atoms with Crippen molar-refractivity contribution in [3.8, 4) is 17.7 Å². The second kappa shape index (κ2) is 4.22. The molecule has 6 nitrogen and oxygen atoms in total. The highest BCUT2D eigenvalue weighted by atomic mass is 16.5. The number of aromatic nitrogens is 4. The lowest BCUT2D eigenvalue weighted by atomic mass is 10.3. The van der Waals surface area contributed by atoms with Crippen LogP contribution in [0, 0.1) is 25.2 Å². The summed E-state index contributed by atoms with van der Waals surface area (Å²) < 4.78 is 7.32. The normalized spacial score (nSPS) is 10.0. The molecule has 86 valence electrons. The molecule has 0 atom stereocenters. The third-order valence-corrected chi connectivity index (χ3v) is 2.45. The molecule has 17 heavy (non-hydrogen) atoms. The van der Waals surface area contributed by atoms with Gasteiger partial charge in [-0.15, -0.1) is 5.10 Å². The summed E-state index contributed by atoms with van der Waals surface area (Å²) in [5, 5.41) is 20.7. The number of hydrogen-bond acceptors (Lipinski definition) is 5. The minimum absolute atomic E-state index is 0.203. The smallest absolute Gasteiger partial charge is 0.257 e. The Hall–Kier alpha value is -2.42. The number of hydrogen-bond donors (Lipinski definition) is 0. The van der Waals surface area contributed by atoms with Crippen LogP contribution in [0.25, 0.3) is 0 Å². The van der Waals surface area contributed by atoms with Crippen LogP contribution in [0.2, 0.25) is 0 Å². The van der Waals surface area contributed by atoms with Crippen molar-refractivity contribution < 1.29 is 4.74 Å². The first-order chi connectivity index (χ1) is 8.13. The van der Waals surface area contributed by atoms with E-state index < -0.39 is 0 Å². The zero-order chi connectivity index (χ0) is 12.4. The maximum absolute atomic E-state index is 8.92. The Kier molecular flexibility index (Phi) is 2.75. The molecule has 2 aromatic rings. The van der Waals surface area contributed by atoms with Crippen LogP contribution in [0.15, 0.2) is 12.3 Å². The molecule has 0 aliphatic rings. The Morgan fingerprint density at radius 2 is 2.18 bits per heavy atom. The van der Waals surface area contributed by atoms with Gasteiger partial charge in [-0.1, -0.05) is 0 Å². The Labute approximate surface area is 98.5 Å². The summed E-state index contributed by atoms with van der Waals surface area (Å²) in [6, 6.07) is 3.57. The molecule has 0 saturated carbocycles. The summed E-state index contributed by atoms with van der Waals surface area (Å²) in [6.07, 6.45) is 1.45. The first-order valence-corrected chi connectivity index (χ1v) is 5.03. The van der Waals surface area contributed by atoms with Crippen LogP contribution in [-0.2, 0) is 7.05 Å². The van der Waals surface area contributed by atoms with Gasteiger partial charge in [-0.25, -0.2) is 0 Å². The molecule has 0 spiro atoms. The average Bonchev–Trinajstić information content (AvgIpc) is 2.57. The number of ether oxygens (including phenoxy) is 1. The van der Waals surface area contributed by atoms with E-state index in [1.165, 1.54) is 6.20 Å². The second-order valence-corrected chi connectivity index (χ2v) is 3.59. The van der Waals surface area contributed by atoms with Gasteiger partial charge in [-0.2, -0.15) is 15.5 Å². The van der Waals surface area contributed by atoms with Crippen LogP contribution in [0.5, 0.6) is 11.6 Å². The van der Waals surface area contributed by atoms with Gasteiger partial charge in [-0.3, -0.25) is 4.68 Å². The van der Waals surface area contributed by atoms with E-state index in [4.69, 9.17) is 10.00 Å². The number of nitrogens with zero attached hydrogens (tertiary/aromatic N) is 5. The number of nitriles is 1. The van der Waals surface area contributed by atoms with Gasteiger partial charge in [0.25, 0.3) is 5.88 Å². The van der Waals surface area contributed by atoms with Crippen LogP contribution >= 0.6 is 0 Å². The maximum Gasteiger partial charge on any atom is 0.257 e. The van der Waals surface area contributed by atoms with Crippen molar-refractivity contribution >= 4 is 0 Å². The fourth-order valence-electron chi connectivity index (χ4n) is 1.48. The monoisotopic (exact) mass is 229 g/mol. The largest absolute Gasteiger partial charge is 0.433 e. The van der Waals surface area contributed by atoms with Gasteiger partial charge in [0.15, 0.2) is 5.75 Å². The minimum Gasteiger partial charge on any atom is -0.433 e. The van der Waals surface area contributed by atoms with Crippen LogP contribution in [0.1, 0.15) is 17.0 Å². The summed E-state index contributed by atoms with van der Waals surface area (Å²) in [7, 11) is 1.83. The van der Waals surface area contributed by atoms with E-state index >= 15 is 0 Å². The molecule has 0 radical (unpaired) electrons. The second-order valence-electron chi connectivity index (χ2n) is 3.59. The highest BCUT2D eigenvalue weighted by Crippen LogP contribution is 2.27. The average molecular weight is 229 g/mol. The van der Waals surface area contributed by atoms with Crippen molar-refractivity contribution in [1.82, 2.24) is 20.0 Å². The molecule has 6 heteroatoms. The standard InChI is InChI=1S/C11H11N5O/c1-7-10(8(2)16(3)15-7)17-11-9(6-12)4-5-13-14-11/h4-5H,1-3H3. The van der Waals surface area contributed by atoms with E-state index in [1.807, 2.05) is 27.0 Å². The Morgan fingerprint density at radius 3 is 2.76 bits per heavy atom. The van der Waals surface area contributed by atoms with E-state index in [0.717, 1.165) is 11.4 Å². The minimum atomic E-state index is 0.203. The molecule has 0 fully saturated rings. The van der Waals surface area contributed by atoms with Gasteiger partial charge in [0.2, 0.25) is 0 Å². The fraction of sp³-hybridized carbons (Fsp3) is 0.273. The topological polar surface area (TPSA) is 76.6 Å². The van der Waals surface area contributed by atoms with Crippen LogP contribution in [-0.4, -0.2) is 20.0 Å². The maximum atomic E-state index is 8.92. The predicted molar refractivity (Wildman–Crippen MR) is 59.5 cm³/mol. The molecular weight excluding hydrogens is 218 g/mol. The van der Waals surface area contributed by atoms with Crippen molar-refractivity contribution in [3.63, 3.8) is 0 Å². The van der Waals surface area contributed by atoms with Gasteiger partial charge in [0.1, 0.15) is 17.3 Å². The molecule has 0 N–H and O–H groups in total. The van der Waals surface area contributed by atoms with Crippen molar-refractivity contribution in [1.29, 1.82) is 5.26 Å². The fourth-order valence-corrected chi connectivity index (χ4v) is 1.48. The Morgan fingerprint density at radius 1 is 1.41 bits per heavy atom. The van der Waals surface area contributed by atoms with Gasteiger partial charge in [-0.05, 0) is 19.9 Å². The van der Waals surface area contributed by atoms with E-state index in [9.17, 15) is 0 Å². The quantitative estimate of drug-likeness (QED) is 0.779. The molecule has 2 aromatic heterocycles. The summed E-state index contributed by atoms with van der Waals surface area (Å²) in [6.45, 7) is 3.72. The summed E-state index contributed by atoms with van der Waals surface area (Å²) >= 11 is 0. The zero-order valence-corrected chi connectivity index (χ0v) is 9.80. The van der Waals surface area contributed by atoms with E-state index in [-0.39, 0.29) is 5.88 Å². The highest BCUT2D eigenvalue weighted by Gasteiger charge is 2.14. The van der Waals surface area contributed by atoms with E-state index in [0.29, 0.717) is 11.3 Å². The van der Waals surface area contributed by atoms with Gasteiger partial charge >= 0.3 is 0 Å². The summed E-state index contributed by atoms with van der Waals surface area (Å²) in [4.78, 5) is 0. The lowest BCUT2D eigenvalue weighted by Gasteiger charge is -2.04. The van der Waals surface area contributed by atoms with Crippen molar-refractivity contribution in [2.45, 2.75) is 13.8 Å². The highest BCUT2D eigenvalue weighted by molar-refractivity contribution is 5.41. The van der Waals surface area contributed by atoms with Gasteiger partial charge in [0, 0.05) is 7.05 Å². The van der Waals surface area contributed by atoms with Crippen LogP contribution in [0.4, 0.5) is 0 Å². The SMILES string of the molecule is Cc1nn(C)c(C)c1Oc1nnccc1C#N. The molecule has 0 aliphatic heterocycles. The van der Waals surface area contributed by atoms with Gasteiger partial charge in [0.05, 0.1) is 11.9 Å². The molecule has 0 aromatic carbocycles. The molecule has 0 saturated heterocycles. The summed E-state index contributed by atoms with van der Waals surface area (Å²) in [5.41, 5.74) is 1.97. The third kappa shape index (κ3) is 1.95. The number of aryl methyl sites for hydroxylation is 2. The molecule has 0 bridgehead atoms. The van der Waals surface area contributed by atoms with Crippen molar-refractivity contribution in [3.05, 3.63) is 29.2 Å². The molecular formula is C11H11N5O. The molecule has 0 unspecified atom stereocenters. The lowest BCUT2D eigenvalue weighted by Crippen LogP contribution is -1.96. The number of rotatable bonds is 2. The predicted octanol–water partition coefficient (Wildman–Crippen LogP) is 1.49. The Balaban J connectivity index is 2.42. The molecule has 2 rings (SSSR count). The lowest BCUT2D eigenvalue weighted by molar-refractivity contribution is 0.446. The van der Waals surface area contributed by atoms with Gasteiger partial charge < -0.3 is 4.74 Å². The Bertz CT molecular complexity index is 596. The molecule has 0 amide bonds. The first kappa shape index (κ1) is 11.1. The first-order valence-electron chi connectivity index (χ1n) is 5.03. The van der Waals surface area contributed by atoms with E-state index in [2.05, 4.69) is 15.3 Å². The van der Waals surface area contributed by atoms with Crippen LogP contribution < -0.4 is 4.74 Å². The van der Waals surface area contributed by atoms with Crippen molar-refractivity contribution in [2.24, 2.45) is 7.05 Å². The molecule has 2 heterocycles. The van der Waals surface area contributed by atoms with E-state index in [1.54, 1.807) is 10.7 Å². The zero-order valence-electron chi connectivity index (χ0n) is 9.80. The molecule has 0 aliphatic carbocycles. The van der Waals surface area contributed by atoms with Crippen LogP contribution in [0.3, 0.4) is 0 Å². The third-order valence-electron chi connectivity index (χ3n) is 2.45. The van der Waals surface area contributed by atoms with Crippen molar-refractivity contribution in [2.75, 3.05) is 0 Å².